The number of nitrogens with zero attached hydrogens (tertiary/aromatic N) is 3. The normalized spacial score (nSPS) is 14.8. The van der Waals surface area contributed by atoms with Crippen LogP contribution in [-0.4, -0.2) is 40.7 Å². The first kappa shape index (κ1) is 18.2. The topological polar surface area (TPSA) is 68.5 Å². The molecule has 4 rings (SSSR count). The third kappa shape index (κ3) is 4.22. The van der Waals surface area contributed by atoms with Gasteiger partial charge in [-0.3, -0.25) is 4.79 Å². The van der Waals surface area contributed by atoms with Gasteiger partial charge in [-0.05, 0) is 36.1 Å². The molecule has 3 aromatic rings. The second-order valence-corrected chi connectivity index (χ2v) is 6.99. The van der Waals surface area contributed by atoms with Gasteiger partial charge in [-0.1, -0.05) is 42.5 Å². The molecule has 0 N–H and O–H groups in total. The fraction of sp³-hybridized carbons (Fsp3) is 0.318. The van der Waals surface area contributed by atoms with Crippen molar-refractivity contribution in [3.63, 3.8) is 0 Å². The maximum absolute atomic E-state index is 12.5. The number of rotatable bonds is 5. The lowest BCUT2D eigenvalue weighted by Crippen LogP contribution is -2.40. The maximum Gasteiger partial charge on any atom is 0.260 e. The van der Waals surface area contributed by atoms with Gasteiger partial charge in [-0.25, -0.2) is 0 Å². The van der Waals surface area contributed by atoms with Crippen LogP contribution in [0, 0.1) is 6.92 Å². The average molecular weight is 377 g/mol. The highest BCUT2D eigenvalue weighted by Gasteiger charge is 2.27. The molecule has 0 radical (unpaired) electrons. The molecular formula is C22H23N3O3. The molecule has 1 aromatic heterocycles. The zero-order chi connectivity index (χ0) is 19.3. The number of carbonyl (C=O) groups is 1. The minimum atomic E-state index is 0.00676. The first-order valence-corrected chi connectivity index (χ1v) is 9.55. The van der Waals surface area contributed by atoms with Crippen molar-refractivity contribution >= 4 is 5.91 Å². The third-order valence-corrected chi connectivity index (χ3v) is 5.06. The molecule has 1 fully saturated rings. The molecule has 0 spiro atoms. The van der Waals surface area contributed by atoms with Gasteiger partial charge in [0.1, 0.15) is 5.75 Å². The number of hydrogen-bond donors (Lipinski definition) is 0. The highest BCUT2D eigenvalue weighted by Crippen LogP contribution is 2.27. The molecule has 0 saturated carbocycles. The quantitative estimate of drug-likeness (QED) is 0.676. The number of carbonyl (C=O) groups excluding carboxylic acids is 1. The van der Waals surface area contributed by atoms with Crippen molar-refractivity contribution in [3.05, 3.63) is 66.4 Å². The van der Waals surface area contributed by atoms with Crippen LogP contribution in [0.1, 0.15) is 30.5 Å². The number of benzene rings is 2. The molecule has 2 heterocycles. The Bertz CT molecular complexity index is 914. The fourth-order valence-corrected chi connectivity index (χ4v) is 3.46. The van der Waals surface area contributed by atoms with Crippen molar-refractivity contribution in [2.24, 2.45) is 0 Å². The van der Waals surface area contributed by atoms with Gasteiger partial charge in [0.15, 0.2) is 6.61 Å². The monoisotopic (exact) mass is 377 g/mol. The number of hydrogen-bond acceptors (Lipinski definition) is 5. The summed E-state index contributed by atoms with van der Waals surface area (Å²) in [5.74, 6) is 2.20. The fourth-order valence-electron chi connectivity index (χ4n) is 3.46. The second kappa shape index (κ2) is 8.25. The predicted molar refractivity (Wildman–Crippen MR) is 105 cm³/mol. The molecule has 1 aliphatic heterocycles. The van der Waals surface area contributed by atoms with E-state index in [2.05, 4.69) is 22.3 Å². The standard InChI is InChI=1S/C22H23N3O3/c1-16-23-24-22(28-16)19-11-13-25(14-12-19)21(26)15-27-20-9-7-18(8-10-20)17-5-3-2-4-6-17/h2-10,19H,11-15H2,1H3. The third-order valence-electron chi connectivity index (χ3n) is 5.06. The van der Waals surface area contributed by atoms with Gasteiger partial charge in [0.25, 0.3) is 5.91 Å². The van der Waals surface area contributed by atoms with Crippen molar-refractivity contribution in [2.45, 2.75) is 25.7 Å². The van der Waals surface area contributed by atoms with Gasteiger partial charge in [0.05, 0.1) is 0 Å². The Morgan fingerprint density at radius 3 is 2.36 bits per heavy atom. The molecule has 0 atom stereocenters. The Morgan fingerprint density at radius 2 is 1.71 bits per heavy atom. The predicted octanol–water partition coefficient (Wildman–Crippen LogP) is 3.83. The molecule has 0 unspecified atom stereocenters. The Kier molecular flexibility index (Phi) is 5.37. The maximum atomic E-state index is 12.5. The summed E-state index contributed by atoms with van der Waals surface area (Å²) in [4.78, 5) is 14.3. The summed E-state index contributed by atoms with van der Waals surface area (Å²) in [6.45, 7) is 3.20. The van der Waals surface area contributed by atoms with Crippen molar-refractivity contribution in [2.75, 3.05) is 19.7 Å². The first-order chi connectivity index (χ1) is 13.7. The van der Waals surface area contributed by atoms with E-state index in [-0.39, 0.29) is 18.4 Å². The number of piperidine rings is 1. The van der Waals surface area contributed by atoms with Gasteiger partial charge >= 0.3 is 0 Å². The van der Waals surface area contributed by atoms with E-state index in [0.717, 1.165) is 24.0 Å². The SMILES string of the molecule is Cc1nnc(C2CCN(C(=O)COc3ccc(-c4ccccc4)cc3)CC2)o1. The average Bonchev–Trinajstić information content (AvgIpc) is 3.19. The molecule has 1 saturated heterocycles. The van der Waals surface area contributed by atoms with Crippen LogP contribution >= 0.6 is 0 Å². The molecule has 28 heavy (non-hydrogen) atoms. The first-order valence-electron chi connectivity index (χ1n) is 9.55. The number of amides is 1. The second-order valence-electron chi connectivity index (χ2n) is 6.99. The summed E-state index contributed by atoms with van der Waals surface area (Å²) in [6, 6.07) is 18.0. The van der Waals surface area contributed by atoms with E-state index in [1.807, 2.05) is 47.4 Å². The number of ether oxygens (including phenoxy) is 1. The Balaban J connectivity index is 1.27. The molecule has 6 nitrogen and oxygen atoms in total. The molecule has 0 aliphatic carbocycles. The van der Waals surface area contributed by atoms with Crippen LogP contribution in [0.15, 0.2) is 59.0 Å². The van der Waals surface area contributed by atoms with E-state index in [1.165, 1.54) is 0 Å². The van der Waals surface area contributed by atoms with E-state index in [4.69, 9.17) is 9.15 Å². The number of aryl methyl sites for hydroxylation is 1. The lowest BCUT2D eigenvalue weighted by molar-refractivity contribution is -0.134. The smallest absolute Gasteiger partial charge is 0.260 e. The van der Waals surface area contributed by atoms with Crippen LogP contribution in [0.5, 0.6) is 5.75 Å². The summed E-state index contributed by atoms with van der Waals surface area (Å²) < 4.78 is 11.2. The van der Waals surface area contributed by atoms with Crippen LogP contribution in [0.25, 0.3) is 11.1 Å². The van der Waals surface area contributed by atoms with Crippen molar-refractivity contribution in [3.8, 4) is 16.9 Å². The van der Waals surface area contributed by atoms with Crippen molar-refractivity contribution < 1.29 is 13.9 Å². The molecule has 0 bridgehead atoms. The van der Waals surface area contributed by atoms with E-state index >= 15 is 0 Å². The molecule has 1 aliphatic rings. The van der Waals surface area contributed by atoms with E-state index < -0.39 is 0 Å². The molecule has 2 aromatic carbocycles. The molecule has 6 heteroatoms. The molecule has 144 valence electrons. The van der Waals surface area contributed by atoms with Crippen molar-refractivity contribution in [1.82, 2.24) is 15.1 Å². The highest BCUT2D eigenvalue weighted by molar-refractivity contribution is 5.78. The summed E-state index contributed by atoms with van der Waals surface area (Å²) >= 11 is 0. The Labute approximate surface area is 164 Å². The highest BCUT2D eigenvalue weighted by atomic mass is 16.5. The van der Waals surface area contributed by atoms with Gasteiger partial charge in [0, 0.05) is 25.9 Å². The summed E-state index contributed by atoms with van der Waals surface area (Å²) in [5, 5.41) is 7.99. The van der Waals surface area contributed by atoms with Crippen LogP contribution < -0.4 is 4.74 Å². The van der Waals surface area contributed by atoms with E-state index in [1.54, 1.807) is 6.92 Å². The van der Waals surface area contributed by atoms with Gasteiger partial charge in [0.2, 0.25) is 11.8 Å². The van der Waals surface area contributed by atoms with Crippen LogP contribution in [0.4, 0.5) is 0 Å². The van der Waals surface area contributed by atoms with E-state index in [0.29, 0.717) is 30.6 Å². The summed E-state index contributed by atoms with van der Waals surface area (Å²) in [6.07, 6.45) is 1.66. The lowest BCUT2D eigenvalue weighted by Gasteiger charge is -2.30. The van der Waals surface area contributed by atoms with E-state index in [9.17, 15) is 4.79 Å². The van der Waals surface area contributed by atoms with Gasteiger partial charge < -0.3 is 14.1 Å². The number of likely N-dealkylation sites (tertiary alicyclic amines) is 1. The molecule has 1 amide bonds. The molecular weight excluding hydrogens is 354 g/mol. The van der Waals surface area contributed by atoms with Crippen LogP contribution in [-0.2, 0) is 4.79 Å². The summed E-state index contributed by atoms with van der Waals surface area (Å²) in [5.41, 5.74) is 2.28. The Morgan fingerprint density at radius 1 is 1.04 bits per heavy atom. The van der Waals surface area contributed by atoms with Crippen LogP contribution in [0.2, 0.25) is 0 Å². The van der Waals surface area contributed by atoms with Gasteiger partial charge in [-0.15, -0.1) is 10.2 Å². The van der Waals surface area contributed by atoms with Crippen LogP contribution in [0.3, 0.4) is 0 Å². The van der Waals surface area contributed by atoms with Gasteiger partial charge in [-0.2, -0.15) is 0 Å². The zero-order valence-corrected chi connectivity index (χ0v) is 15.9. The van der Waals surface area contributed by atoms with Crippen molar-refractivity contribution in [1.29, 1.82) is 0 Å². The minimum absolute atomic E-state index is 0.00676. The number of aromatic nitrogens is 2. The summed E-state index contributed by atoms with van der Waals surface area (Å²) in [7, 11) is 0. The minimum Gasteiger partial charge on any atom is -0.484 e. The Hall–Kier alpha value is -3.15. The largest absolute Gasteiger partial charge is 0.484 e. The lowest BCUT2D eigenvalue weighted by atomic mass is 9.97. The zero-order valence-electron chi connectivity index (χ0n) is 15.9.